The van der Waals surface area contributed by atoms with Gasteiger partial charge >= 0.3 is 19.6 Å². The van der Waals surface area contributed by atoms with Crippen molar-refractivity contribution in [3.05, 3.63) is 95.3 Å². The number of H-pyrrole nitrogens is 1. The van der Waals surface area contributed by atoms with Crippen molar-refractivity contribution in [1.82, 2.24) is 60.3 Å². The van der Waals surface area contributed by atoms with Gasteiger partial charge in [-0.2, -0.15) is 0 Å². The molecular weight excluding hydrogens is 1340 g/mol. The quantitative estimate of drug-likeness (QED) is 0.0200. The van der Waals surface area contributed by atoms with Crippen molar-refractivity contribution in [3.8, 4) is 0 Å². The second-order valence-electron chi connectivity index (χ2n) is 23.3. The van der Waals surface area contributed by atoms with E-state index in [1.165, 1.54) is 35.2 Å². The van der Waals surface area contributed by atoms with Crippen LogP contribution in [-0.2, 0) is 67.4 Å². The monoisotopic (exact) mass is 1420 g/mol. The number of halogens is 2. The Labute approximate surface area is 555 Å². The molecule has 0 aliphatic carbocycles. The summed E-state index contributed by atoms with van der Waals surface area (Å²) in [5.74, 6) is -3.16. The molecule has 34 nitrogen and oxygen atoms in total. The van der Waals surface area contributed by atoms with Crippen molar-refractivity contribution < 1.29 is 74.6 Å². The van der Waals surface area contributed by atoms with E-state index in [0.717, 1.165) is 23.5 Å². The molecule has 3 aliphatic rings. The predicted octanol–water partition coefficient (Wildman–Crippen LogP) is 2.78. The zero-order chi connectivity index (χ0) is 69.2. The number of aromatic nitrogens is 8. The Bertz CT molecular complexity index is 3860. The van der Waals surface area contributed by atoms with Gasteiger partial charge in [0, 0.05) is 29.4 Å². The van der Waals surface area contributed by atoms with Gasteiger partial charge < -0.3 is 69.1 Å². The highest BCUT2D eigenvalue weighted by atomic mass is 32.7. The molecule has 6 amide bonds. The lowest BCUT2D eigenvalue weighted by atomic mass is 10.0. The maximum atomic E-state index is 17.6. The van der Waals surface area contributed by atoms with Gasteiger partial charge in [-0.1, -0.05) is 52.0 Å². The first kappa shape index (κ1) is 73.1. The van der Waals surface area contributed by atoms with Crippen LogP contribution in [0.25, 0.3) is 22.3 Å². The molecule has 15 atom stereocenters. The van der Waals surface area contributed by atoms with E-state index in [0.29, 0.717) is 46.0 Å². The largest absolute Gasteiger partial charge is 0.389 e. The highest BCUT2D eigenvalue weighted by Crippen LogP contribution is 2.67. The number of ether oxygens (including phenoxy) is 2. The van der Waals surface area contributed by atoms with Crippen molar-refractivity contribution in [2.45, 2.75) is 145 Å². The van der Waals surface area contributed by atoms with E-state index in [1.54, 1.807) is 52.0 Å². The van der Waals surface area contributed by atoms with E-state index < -0.39 is 142 Å². The smallest absolute Gasteiger partial charge is 0.382 e. The number of fused-ring (bicyclic) bond motifs is 4. The fourth-order valence-electron chi connectivity index (χ4n) is 10.2. The number of rotatable bonds is 27. The standard InChI is InChI=1S/C56H77F2N19O15P2S2/c1-27(2)39(59)50(80)74-33(7-5-17-64-55(62)83)48(78)72-31-13-9-29(10-14-31)21-95-93(85)88-20-36-44(38(58)54(90-36)77-26-71-42-47(77)68-24-69-52(42)82)92-94(86,87-19-35-43(91-93)37(57)53(89-35)76-25-70-41-45(61)66-23-67-46(41)76)96-22-30-11-15-32(16-12-30)73-49(79)34(8-6-18-65-56(63)84)75-51(81)40(60)28(3)4/h9-16,23-28,33-40,43-44,53-54,56,65,84H,5-8,17-22,59-60,63H2,1-4H3,(H,72,78)(H,73,79)(H,74,80)(H,75,81)(H2,61,66,67)(H3,62,64,83)(H,68,69,82)/t33-,34-,35+,36+,37+,38+,39-,40-,43+,44+,53+,54+,56?,93?,94?/m0/s1. The van der Waals surface area contributed by atoms with Gasteiger partial charge in [-0.3, -0.25) is 62.3 Å². The van der Waals surface area contributed by atoms with Crippen molar-refractivity contribution in [2.75, 3.05) is 42.7 Å². The molecule has 3 unspecified atom stereocenters. The molecule has 0 bridgehead atoms. The third kappa shape index (κ3) is 18.3. The van der Waals surface area contributed by atoms with Gasteiger partial charge in [-0.15, -0.1) is 0 Å². The average molecular weight is 1420 g/mol. The number of nitrogens with zero attached hydrogens (tertiary/aromatic N) is 7. The summed E-state index contributed by atoms with van der Waals surface area (Å²) in [6.07, 6.45) is -10.8. The Morgan fingerprint density at radius 3 is 1.59 bits per heavy atom. The van der Waals surface area contributed by atoms with Gasteiger partial charge in [-0.25, -0.2) is 47.6 Å². The number of amides is 6. The number of alkyl halides is 2. The van der Waals surface area contributed by atoms with Gasteiger partial charge in [0.05, 0.1) is 44.3 Å². The summed E-state index contributed by atoms with van der Waals surface area (Å²) < 4.78 is 106. The lowest BCUT2D eigenvalue weighted by Gasteiger charge is -2.30. The molecule has 0 saturated carbocycles. The van der Waals surface area contributed by atoms with Crippen molar-refractivity contribution >= 4 is 106 Å². The summed E-state index contributed by atoms with van der Waals surface area (Å²) in [6.45, 7) is -3.85. The Hall–Kier alpha value is -7.13. The first-order valence-corrected chi connectivity index (χ1v) is 36.7. The van der Waals surface area contributed by atoms with E-state index >= 15 is 17.9 Å². The van der Waals surface area contributed by atoms with Crippen molar-refractivity contribution in [3.63, 3.8) is 0 Å². The van der Waals surface area contributed by atoms with Crippen LogP contribution < -0.4 is 66.1 Å². The fourth-order valence-corrected chi connectivity index (χ4v) is 16.9. The maximum Gasteiger partial charge on any atom is 0.389 e. The summed E-state index contributed by atoms with van der Waals surface area (Å²) in [5, 5.41) is 25.4. The third-order valence-electron chi connectivity index (χ3n) is 15.7. The molecule has 3 saturated heterocycles. The van der Waals surface area contributed by atoms with E-state index in [1.807, 2.05) is 0 Å². The molecule has 6 aromatic rings. The second-order valence-corrected chi connectivity index (χ2v) is 31.4. The minimum absolute atomic E-state index is 0.0384. The molecule has 96 heavy (non-hydrogen) atoms. The maximum absolute atomic E-state index is 17.6. The number of primary amides is 1. The molecule has 3 aliphatic heterocycles. The molecule has 522 valence electrons. The van der Waals surface area contributed by atoms with Gasteiger partial charge in [0.2, 0.25) is 23.6 Å². The molecule has 2 aromatic carbocycles. The van der Waals surface area contributed by atoms with Crippen LogP contribution in [0.3, 0.4) is 0 Å². The van der Waals surface area contributed by atoms with E-state index in [-0.39, 0.29) is 89.5 Å². The molecule has 40 heteroatoms. The van der Waals surface area contributed by atoms with E-state index in [2.05, 4.69) is 61.8 Å². The van der Waals surface area contributed by atoms with Crippen LogP contribution in [0.4, 0.5) is 30.8 Å². The van der Waals surface area contributed by atoms with Crippen LogP contribution in [0, 0.1) is 11.8 Å². The number of hydrogen-bond acceptors (Lipinski definition) is 27. The summed E-state index contributed by atoms with van der Waals surface area (Å²) in [4.78, 5) is 101. The number of aromatic amines is 1. The number of nitrogen functional groups attached to an aromatic ring is 1. The number of aliphatic hydroxyl groups excluding tert-OH is 1. The zero-order valence-corrected chi connectivity index (χ0v) is 55.7. The Morgan fingerprint density at radius 1 is 0.677 bits per heavy atom. The minimum atomic E-state index is -4.78. The summed E-state index contributed by atoms with van der Waals surface area (Å²) in [5.41, 5.74) is 29.6. The van der Waals surface area contributed by atoms with Crippen molar-refractivity contribution in [1.29, 1.82) is 0 Å². The number of imidazole rings is 2. The molecule has 7 heterocycles. The lowest BCUT2D eigenvalue weighted by Crippen LogP contribution is -2.51. The Balaban J connectivity index is 0.981. The summed E-state index contributed by atoms with van der Waals surface area (Å²) in [6, 6.07) is 7.74. The Kier molecular flexibility index (Phi) is 24.7. The lowest BCUT2D eigenvalue weighted by molar-refractivity contribution is -0.128. The topological polar surface area (TPSA) is 505 Å². The van der Waals surface area contributed by atoms with Gasteiger partial charge in [-0.05, 0) is 102 Å². The highest BCUT2D eigenvalue weighted by molar-refractivity contribution is 8.55. The third-order valence-corrected chi connectivity index (χ3v) is 23.0. The molecule has 18 N–H and O–H groups in total. The number of aliphatic hydroxyl groups is 1. The van der Waals surface area contributed by atoms with Crippen molar-refractivity contribution in [2.24, 2.45) is 34.8 Å². The average Bonchev–Trinajstić information content (AvgIpc) is 1.61. The fraction of sp³-hybridized carbons (Fsp3) is 0.518. The molecular formula is C56H77F2N19O15P2S2. The first-order chi connectivity index (χ1) is 45.7. The van der Waals surface area contributed by atoms with Crippen LogP contribution in [0.5, 0.6) is 0 Å². The predicted molar refractivity (Wildman–Crippen MR) is 349 cm³/mol. The number of carbonyl (C=O) groups excluding carboxylic acids is 5. The van der Waals surface area contributed by atoms with Crippen LogP contribution in [-0.4, -0.2) is 167 Å². The zero-order valence-electron chi connectivity index (χ0n) is 52.3. The molecule has 0 radical (unpaired) electrons. The number of anilines is 3. The van der Waals surface area contributed by atoms with Crippen LogP contribution in [0.1, 0.15) is 77.0 Å². The van der Waals surface area contributed by atoms with Gasteiger partial charge in [0.15, 0.2) is 53.8 Å². The summed E-state index contributed by atoms with van der Waals surface area (Å²) >= 11 is 1.20. The number of carbonyl (C=O) groups is 5. The summed E-state index contributed by atoms with van der Waals surface area (Å²) in [7, 11) is 0. The number of benzene rings is 2. The first-order valence-electron chi connectivity index (χ1n) is 30.4. The van der Waals surface area contributed by atoms with Gasteiger partial charge in [0.25, 0.3) is 5.56 Å². The molecule has 9 rings (SSSR count). The molecule has 4 aromatic heterocycles. The van der Waals surface area contributed by atoms with Crippen LogP contribution in [0.15, 0.2) is 78.6 Å². The SMILES string of the molecule is CC(C)[C@H](N)C(=O)N[C@@H](CCCNC(N)=O)C(=O)Nc1ccc(CSP2(=O)OC[C@H]3O[C@@H](n4cnc5c(=O)[nH]cnc54)[C@H](F)[C@@H]3OP(=O)(SCc3ccc(NC(=O)[C@H](CCCNC(N)O)NC(=O)[C@@H](N)C(C)C)cc3)OC[C@H]3O[C@@H](n4cnc5c(N)ncnc54)[C@H](F)[C@@H]3O2)cc1. The number of nitrogens with one attached hydrogen (secondary N) is 7. The van der Waals surface area contributed by atoms with Crippen LogP contribution in [0.2, 0.25) is 0 Å². The van der Waals surface area contributed by atoms with Crippen LogP contribution >= 0.6 is 36.4 Å². The second kappa shape index (κ2) is 32.5. The highest BCUT2D eigenvalue weighted by Gasteiger charge is 2.56. The minimum Gasteiger partial charge on any atom is -0.382 e. The number of hydrogen-bond donors (Lipinski definition) is 13. The Morgan fingerprint density at radius 2 is 1.14 bits per heavy atom. The van der Waals surface area contributed by atoms with E-state index in [4.69, 9.17) is 56.2 Å². The number of nitrogens with two attached hydrogens (primary N) is 5. The molecule has 0 spiro atoms. The molecule has 3 fully saturated rings. The normalized spacial score (nSPS) is 25.4. The van der Waals surface area contributed by atoms with E-state index in [9.17, 15) is 33.9 Å². The van der Waals surface area contributed by atoms with Gasteiger partial charge in [0.1, 0.15) is 48.3 Å². The number of urea groups is 1.